The van der Waals surface area contributed by atoms with Crippen LogP contribution in [0.2, 0.25) is 0 Å². The second kappa shape index (κ2) is 8.99. The van der Waals surface area contributed by atoms with Crippen LogP contribution in [-0.2, 0) is 4.74 Å². The lowest BCUT2D eigenvalue weighted by Crippen LogP contribution is -2.37. The van der Waals surface area contributed by atoms with Crippen molar-refractivity contribution in [2.24, 2.45) is 5.10 Å². The molecule has 1 N–H and O–H groups in total. The van der Waals surface area contributed by atoms with E-state index >= 15 is 0 Å². The topological polar surface area (TPSA) is 88.7 Å². The Morgan fingerprint density at radius 2 is 1.85 bits per heavy atom. The van der Waals surface area contributed by atoms with Crippen LogP contribution >= 0.6 is 0 Å². The van der Waals surface area contributed by atoms with Crippen LogP contribution in [0.3, 0.4) is 0 Å². The van der Waals surface area contributed by atoms with E-state index in [4.69, 9.17) is 19.2 Å². The molecule has 1 aliphatic rings. The van der Waals surface area contributed by atoms with Gasteiger partial charge < -0.3 is 14.2 Å². The summed E-state index contributed by atoms with van der Waals surface area (Å²) in [5, 5.41) is 9.50. The van der Waals surface area contributed by atoms with Gasteiger partial charge in [-0.25, -0.2) is 4.98 Å². The molecule has 0 radical (unpaired) electrons. The Hall–Kier alpha value is -3.78. The molecular formula is C25H26N6O2. The summed E-state index contributed by atoms with van der Waals surface area (Å²) in [6.07, 6.45) is 1.80. The van der Waals surface area contributed by atoms with Gasteiger partial charge in [-0.1, -0.05) is 47.1 Å². The number of nitrogens with one attached hydrogen (secondary N) is 1. The molecule has 0 aliphatic carbocycles. The second-order valence-corrected chi connectivity index (χ2v) is 8.16. The minimum absolute atomic E-state index is 0.651. The Bertz CT molecular complexity index is 1300. The smallest absolute Gasteiger partial charge is 0.228 e. The van der Waals surface area contributed by atoms with Crippen LogP contribution in [0.15, 0.2) is 52.1 Å². The zero-order valence-electron chi connectivity index (χ0n) is 19.0. The minimum Gasteiger partial charge on any atom is -0.378 e. The molecule has 1 saturated heterocycles. The molecule has 4 aromatic rings. The molecule has 0 atom stereocenters. The van der Waals surface area contributed by atoms with Gasteiger partial charge in [0.05, 0.1) is 30.6 Å². The van der Waals surface area contributed by atoms with Gasteiger partial charge in [-0.05, 0) is 32.4 Å². The molecule has 2 aromatic heterocycles. The molecule has 168 valence electrons. The predicted molar refractivity (Wildman–Crippen MR) is 130 cm³/mol. The van der Waals surface area contributed by atoms with Gasteiger partial charge in [0.2, 0.25) is 5.95 Å². The van der Waals surface area contributed by atoms with E-state index in [9.17, 15) is 0 Å². The lowest BCUT2D eigenvalue weighted by molar-refractivity contribution is 0.122. The number of rotatable bonds is 5. The van der Waals surface area contributed by atoms with Crippen molar-refractivity contribution in [3.63, 3.8) is 0 Å². The van der Waals surface area contributed by atoms with Crippen LogP contribution in [0.5, 0.6) is 0 Å². The van der Waals surface area contributed by atoms with Gasteiger partial charge in [0.1, 0.15) is 5.76 Å². The molecule has 0 bridgehead atoms. The number of benzene rings is 2. The van der Waals surface area contributed by atoms with Crippen LogP contribution in [0, 0.1) is 20.8 Å². The molecule has 0 amide bonds. The summed E-state index contributed by atoms with van der Waals surface area (Å²) in [4.78, 5) is 12.0. The van der Waals surface area contributed by atoms with Gasteiger partial charge in [-0.15, -0.1) is 0 Å². The standard InChI is InChI=1S/C25H26N6O2/c1-16-6-4-7-19(14-16)15-26-29-24-21-9-5-8-20(22-17(2)30-33-18(22)3)23(21)27-25(28-24)31-10-12-32-13-11-31/h4-9,14-15H,10-13H2,1-3H3,(H,27,28,29). The highest BCUT2D eigenvalue weighted by atomic mass is 16.5. The first-order valence-electron chi connectivity index (χ1n) is 11.0. The third kappa shape index (κ3) is 4.29. The number of hydrogen-bond acceptors (Lipinski definition) is 8. The number of anilines is 2. The zero-order chi connectivity index (χ0) is 22.8. The fourth-order valence-electron chi connectivity index (χ4n) is 4.12. The van der Waals surface area contributed by atoms with Crippen molar-refractivity contribution in [3.05, 3.63) is 65.0 Å². The van der Waals surface area contributed by atoms with E-state index in [1.54, 1.807) is 6.21 Å². The summed E-state index contributed by atoms with van der Waals surface area (Å²) in [7, 11) is 0. The monoisotopic (exact) mass is 442 g/mol. The third-order valence-corrected chi connectivity index (χ3v) is 5.74. The number of hydrogen-bond donors (Lipinski definition) is 1. The highest BCUT2D eigenvalue weighted by Crippen LogP contribution is 2.35. The fourth-order valence-corrected chi connectivity index (χ4v) is 4.12. The van der Waals surface area contributed by atoms with Gasteiger partial charge in [-0.3, -0.25) is 5.43 Å². The van der Waals surface area contributed by atoms with Crippen molar-refractivity contribution in [2.75, 3.05) is 36.6 Å². The van der Waals surface area contributed by atoms with Crippen LogP contribution in [-0.4, -0.2) is 47.6 Å². The van der Waals surface area contributed by atoms with E-state index in [1.165, 1.54) is 5.56 Å². The number of fused-ring (bicyclic) bond motifs is 1. The zero-order valence-corrected chi connectivity index (χ0v) is 19.0. The Labute approximate surface area is 192 Å². The van der Waals surface area contributed by atoms with Crippen molar-refractivity contribution < 1.29 is 9.26 Å². The molecule has 5 rings (SSSR count). The second-order valence-electron chi connectivity index (χ2n) is 8.16. The average molecular weight is 443 g/mol. The highest BCUT2D eigenvalue weighted by molar-refractivity contribution is 6.00. The number of aryl methyl sites for hydroxylation is 3. The van der Waals surface area contributed by atoms with E-state index in [1.807, 2.05) is 44.2 Å². The van der Waals surface area contributed by atoms with E-state index in [-0.39, 0.29) is 0 Å². The van der Waals surface area contributed by atoms with Crippen molar-refractivity contribution in [3.8, 4) is 11.1 Å². The first-order chi connectivity index (χ1) is 16.1. The van der Waals surface area contributed by atoms with Gasteiger partial charge in [-0.2, -0.15) is 10.1 Å². The van der Waals surface area contributed by atoms with E-state index in [0.717, 1.165) is 52.1 Å². The predicted octanol–water partition coefficient (Wildman–Crippen LogP) is 4.49. The molecule has 8 heteroatoms. The number of nitrogens with zero attached hydrogens (tertiary/aromatic N) is 5. The molecule has 33 heavy (non-hydrogen) atoms. The number of aromatic nitrogens is 3. The van der Waals surface area contributed by atoms with E-state index < -0.39 is 0 Å². The van der Waals surface area contributed by atoms with Crippen molar-refractivity contribution in [2.45, 2.75) is 20.8 Å². The summed E-state index contributed by atoms with van der Waals surface area (Å²) < 4.78 is 11.0. The lowest BCUT2D eigenvalue weighted by Gasteiger charge is -2.27. The normalized spacial score (nSPS) is 14.3. The summed E-state index contributed by atoms with van der Waals surface area (Å²) in [5.74, 6) is 2.07. The molecule has 2 aromatic carbocycles. The van der Waals surface area contributed by atoms with Crippen LogP contribution in [0.1, 0.15) is 22.6 Å². The molecule has 0 spiro atoms. The Morgan fingerprint density at radius 3 is 2.61 bits per heavy atom. The molecule has 8 nitrogen and oxygen atoms in total. The quantitative estimate of drug-likeness (QED) is 0.360. The van der Waals surface area contributed by atoms with Gasteiger partial charge >= 0.3 is 0 Å². The SMILES string of the molecule is Cc1cccc(C=NNc2nc(N3CCOCC3)nc3c(-c4c(C)noc4C)cccc23)c1. The fraction of sp³-hybridized carbons (Fsp3) is 0.280. The van der Waals surface area contributed by atoms with Crippen LogP contribution in [0.25, 0.3) is 22.0 Å². The first kappa shape index (κ1) is 21.1. The molecule has 0 saturated carbocycles. The maximum absolute atomic E-state index is 5.52. The highest BCUT2D eigenvalue weighted by Gasteiger charge is 2.21. The summed E-state index contributed by atoms with van der Waals surface area (Å²) in [6.45, 7) is 8.72. The first-order valence-corrected chi connectivity index (χ1v) is 11.0. The number of morpholine rings is 1. The van der Waals surface area contributed by atoms with E-state index in [0.29, 0.717) is 25.0 Å². The average Bonchev–Trinajstić information content (AvgIpc) is 3.17. The third-order valence-electron chi connectivity index (χ3n) is 5.74. The Morgan fingerprint density at radius 1 is 1.03 bits per heavy atom. The van der Waals surface area contributed by atoms with Crippen molar-refractivity contribution in [1.29, 1.82) is 0 Å². The van der Waals surface area contributed by atoms with Gasteiger partial charge in [0.15, 0.2) is 5.82 Å². The number of ether oxygens (including phenoxy) is 1. The molecule has 1 aliphatic heterocycles. The molecule has 3 heterocycles. The molecule has 1 fully saturated rings. The maximum Gasteiger partial charge on any atom is 0.228 e. The number of para-hydroxylation sites is 1. The minimum atomic E-state index is 0.651. The van der Waals surface area contributed by atoms with Crippen molar-refractivity contribution in [1.82, 2.24) is 15.1 Å². The summed E-state index contributed by atoms with van der Waals surface area (Å²) >= 11 is 0. The summed E-state index contributed by atoms with van der Waals surface area (Å²) in [6, 6.07) is 14.2. The maximum atomic E-state index is 5.52. The largest absolute Gasteiger partial charge is 0.378 e. The van der Waals surface area contributed by atoms with Crippen molar-refractivity contribution >= 4 is 28.9 Å². The Kier molecular flexibility index (Phi) is 5.75. The van der Waals surface area contributed by atoms with E-state index in [2.05, 4.69) is 39.6 Å². The van der Waals surface area contributed by atoms with Crippen LogP contribution < -0.4 is 10.3 Å². The summed E-state index contributed by atoms with van der Waals surface area (Å²) in [5.41, 5.74) is 8.95. The molecule has 0 unspecified atom stereocenters. The molecular weight excluding hydrogens is 416 g/mol. The number of hydrazone groups is 1. The lowest BCUT2D eigenvalue weighted by atomic mass is 10.0. The van der Waals surface area contributed by atoms with Crippen LogP contribution in [0.4, 0.5) is 11.8 Å². The Balaban J connectivity index is 1.61. The van der Waals surface area contributed by atoms with Gasteiger partial charge in [0, 0.05) is 29.6 Å². The van der Waals surface area contributed by atoms with Gasteiger partial charge in [0.25, 0.3) is 0 Å².